The lowest BCUT2D eigenvalue weighted by atomic mass is 9.85. The molecular formula is C29H34N6O4. The van der Waals surface area contributed by atoms with Gasteiger partial charge in [-0.3, -0.25) is 29.7 Å². The quantitative estimate of drug-likeness (QED) is 0.303. The molecular weight excluding hydrogens is 496 g/mol. The second-order valence-electron chi connectivity index (χ2n) is 11.1. The van der Waals surface area contributed by atoms with Crippen molar-refractivity contribution in [3.8, 4) is 0 Å². The van der Waals surface area contributed by atoms with Gasteiger partial charge in [-0.05, 0) is 68.8 Å². The van der Waals surface area contributed by atoms with Gasteiger partial charge in [-0.25, -0.2) is 0 Å². The molecule has 0 saturated carbocycles. The number of nitrogens with zero attached hydrogens (tertiary/aromatic N) is 5. The van der Waals surface area contributed by atoms with E-state index in [1.165, 1.54) is 5.56 Å². The fraction of sp³-hybridized carbons (Fsp3) is 0.483. The fourth-order valence-corrected chi connectivity index (χ4v) is 6.79. The lowest BCUT2D eigenvalue weighted by molar-refractivity contribution is -0.384. The number of para-hydroxylation sites is 1. The number of nitro groups is 1. The Labute approximate surface area is 227 Å². The minimum absolute atomic E-state index is 0.130. The van der Waals surface area contributed by atoms with Crippen LogP contribution in [-0.4, -0.2) is 63.6 Å². The van der Waals surface area contributed by atoms with Gasteiger partial charge < -0.3 is 9.80 Å². The highest BCUT2D eigenvalue weighted by Crippen LogP contribution is 2.38. The summed E-state index contributed by atoms with van der Waals surface area (Å²) in [5.41, 5.74) is 4.36. The number of benzene rings is 2. The number of nitro benzene ring substituents is 1. The van der Waals surface area contributed by atoms with Crippen molar-refractivity contribution in [3.63, 3.8) is 0 Å². The Morgan fingerprint density at radius 3 is 2.33 bits per heavy atom. The van der Waals surface area contributed by atoms with Crippen LogP contribution < -0.4 is 10.2 Å². The van der Waals surface area contributed by atoms with Crippen molar-refractivity contribution >= 4 is 34.1 Å². The molecule has 3 fully saturated rings. The third kappa shape index (κ3) is 4.89. The first-order valence-corrected chi connectivity index (χ1v) is 13.9. The molecule has 2 amide bonds. The van der Waals surface area contributed by atoms with Crippen molar-refractivity contribution in [1.29, 1.82) is 0 Å². The highest BCUT2D eigenvalue weighted by Gasteiger charge is 2.34. The largest absolute Gasteiger partial charge is 0.371 e. The summed E-state index contributed by atoms with van der Waals surface area (Å²) in [6, 6.07) is 13.8. The van der Waals surface area contributed by atoms with Gasteiger partial charge >= 0.3 is 0 Å². The summed E-state index contributed by atoms with van der Waals surface area (Å²) in [5, 5.41) is 19.2. The van der Waals surface area contributed by atoms with E-state index >= 15 is 0 Å². The second kappa shape index (κ2) is 10.4. The Bertz CT molecular complexity index is 1400. The zero-order chi connectivity index (χ0) is 27.1. The third-order valence-corrected chi connectivity index (χ3v) is 8.87. The standard InChI is InChI=1S/C29H34N6O4/c1-32-28-23(3-2-4-24(28)27(31-32)25-9-10-26(36)30-29(25)37)19-11-15-33(16-12-19)21-13-17-34(18-14-21)20-5-7-22(8-6-20)35(38)39/h2-8,19,21,25H,9-18H2,1H3,(H,30,36,37). The van der Waals surface area contributed by atoms with Gasteiger partial charge in [-0.15, -0.1) is 0 Å². The molecule has 0 aliphatic carbocycles. The number of amides is 2. The van der Waals surface area contributed by atoms with Gasteiger partial charge in [0.2, 0.25) is 11.8 Å². The summed E-state index contributed by atoms with van der Waals surface area (Å²) in [7, 11) is 1.95. The normalized spacial score (nSPS) is 21.9. The zero-order valence-electron chi connectivity index (χ0n) is 22.2. The van der Waals surface area contributed by atoms with Gasteiger partial charge in [0.1, 0.15) is 0 Å². The molecule has 0 bridgehead atoms. The molecule has 204 valence electrons. The number of hydrogen-bond donors (Lipinski definition) is 1. The Morgan fingerprint density at radius 2 is 1.67 bits per heavy atom. The molecule has 2 aromatic carbocycles. The molecule has 1 aromatic heterocycles. The van der Waals surface area contributed by atoms with E-state index < -0.39 is 0 Å². The maximum Gasteiger partial charge on any atom is 0.269 e. The van der Waals surface area contributed by atoms with Gasteiger partial charge in [-0.1, -0.05) is 18.2 Å². The van der Waals surface area contributed by atoms with E-state index in [1.54, 1.807) is 12.1 Å². The average Bonchev–Trinajstić information content (AvgIpc) is 3.29. The van der Waals surface area contributed by atoms with Gasteiger partial charge in [-0.2, -0.15) is 5.10 Å². The number of aryl methyl sites for hydroxylation is 1. The average molecular weight is 531 g/mol. The van der Waals surface area contributed by atoms with E-state index in [0.29, 0.717) is 24.8 Å². The van der Waals surface area contributed by atoms with E-state index in [4.69, 9.17) is 5.10 Å². The van der Waals surface area contributed by atoms with Crippen molar-refractivity contribution in [2.75, 3.05) is 31.1 Å². The Morgan fingerprint density at radius 1 is 0.949 bits per heavy atom. The van der Waals surface area contributed by atoms with Crippen LogP contribution in [0.3, 0.4) is 0 Å². The minimum Gasteiger partial charge on any atom is -0.371 e. The number of hydrogen-bond acceptors (Lipinski definition) is 7. The highest BCUT2D eigenvalue weighted by molar-refractivity contribution is 6.02. The first kappa shape index (κ1) is 25.5. The Kier molecular flexibility index (Phi) is 6.80. The molecule has 3 aromatic rings. The topological polar surface area (TPSA) is 114 Å². The Hall–Kier alpha value is -3.79. The van der Waals surface area contributed by atoms with Crippen LogP contribution in [0, 0.1) is 10.1 Å². The molecule has 1 atom stereocenters. The van der Waals surface area contributed by atoms with E-state index in [2.05, 4.69) is 33.3 Å². The number of piperidine rings is 3. The number of non-ortho nitro benzene ring substituents is 1. The molecule has 39 heavy (non-hydrogen) atoms. The summed E-state index contributed by atoms with van der Waals surface area (Å²) >= 11 is 0. The summed E-state index contributed by atoms with van der Waals surface area (Å²) in [6.07, 6.45) is 5.20. The number of likely N-dealkylation sites (tertiary alicyclic amines) is 1. The van der Waals surface area contributed by atoms with Crippen LogP contribution in [0.5, 0.6) is 0 Å². The predicted octanol–water partition coefficient (Wildman–Crippen LogP) is 3.85. The van der Waals surface area contributed by atoms with E-state index in [-0.39, 0.29) is 28.3 Å². The smallest absolute Gasteiger partial charge is 0.269 e. The monoisotopic (exact) mass is 530 g/mol. The minimum atomic E-state index is -0.389. The first-order chi connectivity index (χ1) is 18.9. The SMILES string of the molecule is Cn1nc(C2CCC(=O)NC2=O)c2cccc(C3CCN(C4CCN(c5ccc([N+](=O)[O-])cc5)CC4)CC3)c21. The molecule has 0 spiro atoms. The zero-order valence-corrected chi connectivity index (χ0v) is 22.2. The van der Waals surface area contributed by atoms with Crippen LogP contribution in [0.2, 0.25) is 0 Å². The van der Waals surface area contributed by atoms with Crippen LogP contribution in [0.4, 0.5) is 11.4 Å². The summed E-state index contributed by atoms with van der Waals surface area (Å²) < 4.78 is 1.92. The van der Waals surface area contributed by atoms with Crippen LogP contribution in [0.1, 0.15) is 61.6 Å². The number of nitrogens with one attached hydrogen (secondary N) is 1. The van der Waals surface area contributed by atoms with Crippen LogP contribution in [-0.2, 0) is 16.6 Å². The number of rotatable bonds is 5. The number of carbonyl (C=O) groups is 2. The number of aromatic nitrogens is 2. The number of anilines is 1. The number of fused-ring (bicyclic) bond motifs is 1. The summed E-state index contributed by atoms with van der Waals surface area (Å²) in [5.74, 6) is -0.402. The van der Waals surface area contributed by atoms with Gasteiger partial charge in [0, 0.05) is 55.8 Å². The molecule has 1 N–H and O–H groups in total. The third-order valence-electron chi connectivity index (χ3n) is 8.87. The van der Waals surface area contributed by atoms with Crippen molar-refractivity contribution in [3.05, 3.63) is 63.8 Å². The molecule has 4 heterocycles. The van der Waals surface area contributed by atoms with E-state index in [9.17, 15) is 19.7 Å². The van der Waals surface area contributed by atoms with Crippen molar-refractivity contribution in [2.24, 2.45) is 7.05 Å². The van der Waals surface area contributed by atoms with Gasteiger partial charge in [0.15, 0.2) is 0 Å². The van der Waals surface area contributed by atoms with Crippen LogP contribution >= 0.6 is 0 Å². The number of carbonyl (C=O) groups excluding carboxylic acids is 2. The fourth-order valence-electron chi connectivity index (χ4n) is 6.79. The van der Waals surface area contributed by atoms with Crippen molar-refractivity contribution in [1.82, 2.24) is 20.0 Å². The molecule has 3 aliphatic rings. The molecule has 6 rings (SSSR count). The van der Waals surface area contributed by atoms with Gasteiger partial charge in [0.05, 0.1) is 22.1 Å². The van der Waals surface area contributed by atoms with Crippen LogP contribution in [0.25, 0.3) is 10.9 Å². The lowest BCUT2D eigenvalue weighted by Crippen LogP contribution is -2.47. The number of imide groups is 1. The first-order valence-electron chi connectivity index (χ1n) is 13.9. The molecule has 1 unspecified atom stereocenters. The second-order valence-corrected chi connectivity index (χ2v) is 11.1. The predicted molar refractivity (Wildman–Crippen MR) is 148 cm³/mol. The summed E-state index contributed by atoms with van der Waals surface area (Å²) in [4.78, 5) is 39.8. The molecule has 10 heteroatoms. The molecule has 0 radical (unpaired) electrons. The van der Waals surface area contributed by atoms with Crippen molar-refractivity contribution < 1.29 is 14.5 Å². The maximum absolute atomic E-state index is 12.6. The van der Waals surface area contributed by atoms with E-state index in [1.807, 2.05) is 23.9 Å². The van der Waals surface area contributed by atoms with Gasteiger partial charge in [0.25, 0.3) is 5.69 Å². The molecule has 3 saturated heterocycles. The van der Waals surface area contributed by atoms with Crippen molar-refractivity contribution in [2.45, 2.75) is 56.4 Å². The molecule has 3 aliphatic heterocycles. The van der Waals surface area contributed by atoms with Crippen LogP contribution in [0.15, 0.2) is 42.5 Å². The Balaban J connectivity index is 1.10. The summed E-state index contributed by atoms with van der Waals surface area (Å²) in [6.45, 7) is 4.03. The lowest BCUT2D eigenvalue weighted by Gasteiger charge is -2.42. The molecule has 10 nitrogen and oxygen atoms in total. The highest BCUT2D eigenvalue weighted by atomic mass is 16.6. The van der Waals surface area contributed by atoms with E-state index in [0.717, 1.165) is 74.1 Å². The maximum atomic E-state index is 12.6.